The largest absolute Gasteiger partial charge is 0.510 e. The molecule has 186 valence electrons. The van der Waals surface area contributed by atoms with Crippen LogP contribution in [0.3, 0.4) is 0 Å². The molecule has 0 aromatic carbocycles. The average Bonchev–Trinajstić information content (AvgIpc) is 3.25. The quantitative estimate of drug-likeness (QED) is 0.215. The summed E-state index contributed by atoms with van der Waals surface area (Å²) >= 11 is 0. The molecule has 0 aliphatic carbocycles. The van der Waals surface area contributed by atoms with Crippen LogP contribution in [0.4, 0.5) is 10.6 Å². The zero-order chi connectivity index (χ0) is 25.3. The van der Waals surface area contributed by atoms with E-state index in [4.69, 9.17) is 15.0 Å². The average molecular weight is 501 g/mol. The van der Waals surface area contributed by atoms with E-state index in [1.165, 1.54) is 16.6 Å². The van der Waals surface area contributed by atoms with Crippen molar-refractivity contribution in [1.82, 2.24) is 14.6 Å². The fourth-order valence-corrected chi connectivity index (χ4v) is 4.01. The highest BCUT2D eigenvalue weighted by atomic mass is 31.2. The normalized spacial score (nSPS) is 28.5. The highest BCUT2D eigenvalue weighted by molar-refractivity contribution is 7.47. The summed E-state index contributed by atoms with van der Waals surface area (Å²) in [4.78, 5) is 24.9. The van der Waals surface area contributed by atoms with Gasteiger partial charge in [-0.15, -0.1) is 0 Å². The summed E-state index contributed by atoms with van der Waals surface area (Å²) in [6, 6.07) is 4.78. The van der Waals surface area contributed by atoms with E-state index in [9.17, 15) is 29.7 Å². The Labute approximate surface area is 193 Å². The van der Waals surface area contributed by atoms with E-state index in [1.54, 1.807) is 13.8 Å². The van der Waals surface area contributed by atoms with Crippen molar-refractivity contribution in [1.29, 1.82) is 5.26 Å². The van der Waals surface area contributed by atoms with E-state index in [1.807, 2.05) is 6.07 Å². The van der Waals surface area contributed by atoms with Gasteiger partial charge in [-0.2, -0.15) is 10.4 Å². The third-order valence-electron chi connectivity index (χ3n) is 5.10. The Morgan fingerprint density at radius 1 is 1.44 bits per heavy atom. The summed E-state index contributed by atoms with van der Waals surface area (Å²) in [6.07, 6.45) is -3.65. The maximum atomic E-state index is 12.1. The zero-order valence-electron chi connectivity index (χ0n) is 18.4. The third-order valence-corrected chi connectivity index (χ3v) is 6.00. The van der Waals surface area contributed by atoms with E-state index >= 15 is 0 Å². The number of anilines is 1. The van der Waals surface area contributed by atoms with E-state index in [0.717, 1.165) is 13.3 Å². The molecular formula is C18H24N5O10P. The van der Waals surface area contributed by atoms with Crippen molar-refractivity contribution in [3.63, 3.8) is 0 Å². The Morgan fingerprint density at radius 3 is 2.79 bits per heavy atom. The number of phosphoric acid groups is 1. The number of nitrogens with zero attached hydrogens (tertiary/aromatic N) is 4. The first-order chi connectivity index (χ1) is 15.8. The van der Waals surface area contributed by atoms with Crippen LogP contribution >= 0.6 is 7.82 Å². The van der Waals surface area contributed by atoms with Gasteiger partial charge in [-0.25, -0.2) is 23.4 Å². The molecule has 2 aromatic heterocycles. The first-order valence-electron chi connectivity index (χ1n) is 9.88. The molecule has 1 aliphatic heterocycles. The van der Waals surface area contributed by atoms with Gasteiger partial charge in [0.15, 0.2) is 5.82 Å². The van der Waals surface area contributed by atoms with Gasteiger partial charge in [-0.3, -0.25) is 4.52 Å². The lowest BCUT2D eigenvalue weighted by atomic mass is 9.80. The van der Waals surface area contributed by atoms with Crippen LogP contribution in [0.25, 0.3) is 5.52 Å². The number of fused-ring (bicyclic) bond motifs is 1. The Balaban J connectivity index is 1.74. The number of aromatic nitrogens is 3. The maximum Gasteiger partial charge on any atom is 0.510 e. The number of hydrogen-bond acceptors (Lipinski definition) is 13. The van der Waals surface area contributed by atoms with Crippen molar-refractivity contribution in [3.05, 3.63) is 24.2 Å². The van der Waals surface area contributed by atoms with Gasteiger partial charge in [0, 0.05) is 0 Å². The molecule has 5 atom stereocenters. The molecule has 0 radical (unpaired) electrons. The van der Waals surface area contributed by atoms with Crippen molar-refractivity contribution < 1.29 is 47.7 Å². The number of nitrogens with two attached hydrogens (primary N) is 1. The zero-order valence-corrected chi connectivity index (χ0v) is 19.3. The number of aliphatic hydroxyl groups excluding tert-OH is 1. The van der Waals surface area contributed by atoms with Crippen LogP contribution in [-0.4, -0.2) is 73.2 Å². The highest BCUT2D eigenvalue weighted by Crippen LogP contribution is 2.49. The summed E-state index contributed by atoms with van der Waals surface area (Å²) in [5.41, 5.74) is 1.79. The molecule has 1 saturated heterocycles. The SMILES string of the molecule is CC(C)OC(=O)OCOP(=O)(O)OC[C@H]1O[C@@](C#N)(c2ccc3c(N)ncnn23)[C@](C)(O)[C@@H]1O. The van der Waals surface area contributed by atoms with Crippen molar-refractivity contribution >= 4 is 25.3 Å². The van der Waals surface area contributed by atoms with Crippen molar-refractivity contribution in [2.75, 3.05) is 19.1 Å². The van der Waals surface area contributed by atoms with Crippen LogP contribution in [0.15, 0.2) is 18.5 Å². The molecule has 1 unspecified atom stereocenters. The summed E-state index contributed by atoms with van der Waals surface area (Å²) < 4.78 is 37.5. The minimum Gasteiger partial charge on any atom is -0.432 e. The number of nitrogen functional groups attached to an aromatic ring is 1. The molecular weight excluding hydrogens is 477 g/mol. The van der Waals surface area contributed by atoms with Crippen LogP contribution < -0.4 is 5.73 Å². The number of carbonyl (C=O) groups excluding carboxylic acids is 1. The second-order valence-electron chi connectivity index (χ2n) is 7.77. The number of carbonyl (C=O) groups is 1. The number of phosphoric ester groups is 1. The molecule has 5 N–H and O–H groups in total. The minimum atomic E-state index is -4.79. The van der Waals surface area contributed by atoms with Gasteiger partial charge >= 0.3 is 14.0 Å². The third kappa shape index (κ3) is 4.70. The fourth-order valence-electron chi connectivity index (χ4n) is 3.41. The van der Waals surface area contributed by atoms with Gasteiger partial charge in [0.1, 0.15) is 35.7 Å². The first-order valence-corrected chi connectivity index (χ1v) is 11.4. The lowest BCUT2D eigenvalue weighted by Crippen LogP contribution is -2.52. The Morgan fingerprint density at radius 2 is 2.15 bits per heavy atom. The molecule has 0 spiro atoms. The van der Waals surface area contributed by atoms with Crippen LogP contribution in [0.1, 0.15) is 26.5 Å². The van der Waals surface area contributed by atoms with Crippen LogP contribution in [0, 0.1) is 11.3 Å². The Bertz CT molecular complexity index is 1150. The van der Waals surface area contributed by atoms with Gasteiger partial charge in [0.05, 0.1) is 18.4 Å². The molecule has 0 saturated carbocycles. The van der Waals surface area contributed by atoms with Crippen LogP contribution in [0.5, 0.6) is 0 Å². The summed E-state index contributed by atoms with van der Waals surface area (Å²) in [5.74, 6) is 0.102. The summed E-state index contributed by atoms with van der Waals surface area (Å²) in [7, 11) is -4.79. The van der Waals surface area contributed by atoms with Gasteiger partial charge < -0.3 is 35.1 Å². The predicted octanol–water partition coefficient (Wildman–Crippen LogP) is 0.194. The maximum absolute atomic E-state index is 12.1. The Kier molecular flexibility index (Phi) is 7.15. The van der Waals surface area contributed by atoms with E-state index in [-0.39, 0.29) is 11.5 Å². The van der Waals surface area contributed by atoms with E-state index < -0.39 is 56.9 Å². The summed E-state index contributed by atoms with van der Waals surface area (Å²) in [5, 5.41) is 35.7. The number of rotatable bonds is 8. The molecule has 34 heavy (non-hydrogen) atoms. The second kappa shape index (κ2) is 9.43. The number of hydrogen-bond donors (Lipinski definition) is 4. The first kappa shape index (κ1) is 25.8. The van der Waals surface area contributed by atoms with Gasteiger partial charge in [0.2, 0.25) is 12.4 Å². The molecule has 3 rings (SSSR count). The fraction of sp³-hybridized carbons (Fsp3) is 0.556. The predicted molar refractivity (Wildman–Crippen MR) is 111 cm³/mol. The van der Waals surface area contributed by atoms with Crippen molar-refractivity contribution in [3.8, 4) is 6.07 Å². The van der Waals surface area contributed by atoms with Gasteiger partial charge in [-0.05, 0) is 32.9 Å². The molecule has 16 heteroatoms. The minimum absolute atomic E-state index is 0.0335. The van der Waals surface area contributed by atoms with Gasteiger partial charge in [-0.1, -0.05) is 0 Å². The lowest BCUT2D eigenvalue weighted by Gasteiger charge is -2.33. The van der Waals surface area contributed by atoms with Gasteiger partial charge in [0.25, 0.3) is 0 Å². The molecule has 1 aliphatic rings. The highest BCUT2D eigenvalue weighted by Gasteiger charge is 2.65. The van der Waals surface area contributed by atoms with E-state index in [0.29, 0.717) is 5.52 Å². The lowest BCUT2D eigenvalue weighted by molar-refractivity contribution is -0.109. The molecule has 15 nitrogen and oxygen atoms in total. The van der Waals surface area contributed by atoms with Crippen molar-refractivity contribution in [2.45, 2.75) is 50.3 Å². The molecule has 0 bridgehead atoms. The number of nitriles is 1. The van der Waals surface area contributed by atoms with Crippen molar-refractivity contribution in [2.24, 2.45) is 0 Å². The molecule has 2 aromatic rings. The van der Waals surface area contributed by atoms with Crippen LogP contribution in [-0.2, 0) is 33.4 Å². The van der Waals surface area contributed by atoms with E-state index in [2.05, 4.69) is 24.1 Å². The number of aliphatic hydroxyl groups is 2. The molecule has 0 amide bonds. The number of ether oxygens (including phenoxy) is 3. The molecule has 3 heterocycles. The summed E-state index contributed by atoms with van der Waals surface area (Å²) in [6.45, 7) is 2.58. The monoisotopic (exact) mass is 501 g/mol. The second-order valence-corrected chi connectivity index (χ2v) is 9.23. The van der Waals surface area contributed by atoms with Crippen LogP contribution in [0.2, 0.25) is 0 Å². The molecule has 1 fully saturated rings. The smallest absolute Gasteiger partial charge is 0.432 e. The standard InChI is InChI=1S/C18H24N5O10P/c1-10(2)32-16(25)29-9-31-34(27,28)30-6-12-14(24)17(3,26)18(7-19,33-12)13-5-4-11-15(20)21-8-22-23(11)13/h4-5,8,10,12,14,24,26H,6,9H2,1-3H3,(H,27,28)(H2,20,21,22)/t12-,14-,17-,18+/m1/s1. The Hall–Kier alpha value is -2.83. The topological polar surface area (TPSA) is 221 Å².